The lowest BCUT2D eigenvalue weighted by atomic mass is 10.1. The SMILES string of the molecule is CC(=O)c1cccc(NC(=O)[C@@H](C)OC(=O)CCCc2nc3ccccc3c(=O)[nH]2)c1. The molecule has 1 atom stereocenters. The Kier molecular flexibility index (Phi) is 6.92. The number of nitrogens with one attached hydrogen (secondary N) is 2. The second-order valence-electron chi connectivity index (χ2n) is 7.14. The van der Waals surface area contributed by atoms with Crippen molar-refractivity contribution in [3.63, 3.8) is 0 Å². The first-order chi connectivity index (χ1) is 14.8. The molecule has 1 aromatic heterocycles. The van der Waals surface area contributed by atoms with Gasteiger partial charge < -0.3 is 15.0 Å². The van der Waals surface area contributed by atoms with E-state index < -0.39 is 18.0 Å². The molecule has 1 heterocycles. The van der Waals surface area contributed by atoms with Crippen molar-refractivity contribution in [3.8, 4) is 0 Å². The molecule has 3 rings (SSSR count). The summed E-state index contributed by atoms with van der Waals surface area (Å²) in [4.78, 5) is 55.0. The van der Waals surface area contributed by atoms with Crippen LogP contribution in [0.4, 0.5) is 5.69 Å². The van der Waals surface area contributed by atoms with Crippen molar-refractivity contribution in [2.45, 2.75) is 39.2 Å². The fourth-order valence-corrected chi connectivity index (χ4v) is 3.02. The monoisotopic (exact) mass is 421 g/mol. The summed E-state index contributed by atoms with van der Waals surface area (Å²) in [6.07, 6.45) is -0.108. The smallest absolute Gasteiger partial charge is 0.306 e. The van der Waals surface area contributed by atoms with Gasteiger partial charge in [-0.3, -0.25) is 19.2 Å². The zero-order valence-corrected chi connectivity index (χ0v) is 17.3. The van der Waals surface area contributed by atoms with E-state index in [9.17, 15) is 19.2 Å². The molecule has 0 saturated heterocycles. The molecule has 0 spiro atoms. The Hall–Kier alpha value is -3.81. The minimum absolute atomic E-state index is 0.0774. The third kappa shape index (κ3) is 5.85. The number of ketones is 1. The highest BCUT2D eigenvalue weighted by Crippen LogP contribution is 2.13. The first kappa shape index (κ1) is 21.9. The normalized spacial score (nSPS) is 11.7. The number of rotatable bonds is 8. The molecule has 0 unspecified atom stereocenters. The topological polar surface area (TPSA) is 118 Å². The van der Waals surface area contributed by atoms with Gasteiger partial charge in [-0.1, -0.05) is 24.3 Å². The molecule has 0 saturated carbocycles. The summed E-state index contributed by atoms with van der Waals surface area (Å²) in [5.74, 6) is -0.636. The van der Waals surface area contributed by atoms with Gasteiger partial charge in [0.2, 0.25) is 0 Å². The van der Waals surface area contributed by atoms with Crippen molar-refractivity contribution in [2.75, 3.05) is 5.32 Å². The Morgan fingerprint density at radius 2 is 1.90 bits per heavy atom. The molecular formula is C23H23N3O5. The van der Waals surface area contributed by atoms with Crippen LogP contribution in [-0.2, 0) is 20.7 Å². The number of Topliss-reactive ketones (excluding diaryl/α,β-unsaturated/α-hetero) is 1. The van der Waals surface area contributed by atoms with Crippen LogP contribution in [-0.4, -0.2) is 33.7 Å². The average Bonchev–Trinajstić information content (AvgIpc) is 2.74. The summed E-state index contributed by atoms with van der Waals surface area (Å²) in [6, 6.07) is 13.6. The number of aryl methyl sites for hydroxylation is 1. The molecule has 0 fully saturated rings. The molecule has 0 aliphatic carbocycles. The minimum Gasteiger partial charge on any atom is -0.453 e. The molecule has 3 aromatic rings. The van der Waals surface area contributed by atoms with Crippen molar-refractivity contribution in [2.24, 2.45) is 0 Å². The van der Waals surface area contributed by atoms with Crippen LogP contribution in [0.2, 0.25) is 0 Å². The van der Waals surface area contributed by atoms with E-state index in [-0.39, 0.29) is 17.8 Å². The minimum atomic E-state index is -0.993. The number of amides is 1. The molecule has 1 amide bonds. The third-order valence-corrected chi connectivity index (χ3v) is 4.67. The van der Waals surface area contributed by atoms with Gasteiger partial charge in [-0.05, 0) is 44.5 Å². The van der Waals surface area contributed by atoms with Crippen molar-refractivity contribution in [3.05, 3.63) is 70.3 Å². The zero-order valence-electron chi connectivity index (χ0n) is 17.3. The average molecular weight is 421 g/mol. The van der Waals surface area contributed by atoms with Crippen LogP contribution in [0.5, 0.6) is 0 Å². The Balaban J connectivity index is 1.49. The predicted molar refractivity (Wildman–Crippen MR) is 116 cm³/mol. The van der Waals surface area contributed by atoms with Crippen LogP contribution < -0.4 is 10.9 Å². The van der Waals surface area contributed by atoms with E-state index in [1.54, 1.807) is 48.5 Å². The number of ether oxygens (including phenoxy) is 1. The lowest BCUT2D eigenvalue weighted by molar-refractivity contribution is -0.153. The van der Waals surface area contributed by atoms with Crippen LogP contribution >= 0.6 is 0 Å². The molecule has 31 heavy (non-hydrogen) atoms. The third-order valence-electron chi connectivity index (χ3n) is 4.67. The van der Waals surface area contributed by atoms with Gasteiger partial charge in [0.15, 0.2) is 11.9 Å². The van der Waals surface area contributed by atoms with E-state index in [0.29, 0.717) is 40.8 Å². The van der Waals surface area contributed by atoms with Gasteiger partial charge in [0, 0.05) is 24.1 Å². The second-order valence-corrected chi connectivity index (χ2v) is 7.14. The first-order valence-corrected chi connectivity index (χ1v) is 9.93. The highest BCUT2D eigenvalue weighted by Gasteiger charge is 2.18. The second kappa shape index (κ2) is 9.80. The number of hydrogen-bond acceptors (Lipinski definition) is 6. The zero-order chi connectivity index (χ0) is 22.4. The number of H-pyrrole nitrogens is 1. The largest absolute Gasteiger partial charge is 0.453 e. The fraction of sp³-hybridized carbons (Fsp3) is 0.261. The highest BCUT2D eigenvalue weighted by atomic mass is 16.5. The molecule has 8 nitrogen and oxygen atoms in total. The number of carbonyl (C=O) groups excluding carboxylic acids is 3. The van der Waals surface area contributed by atoms with Gasteiger partial charge in [-0.2, -0.15) is 0 Å². The van der Waals surface area contributed by atoms with Gasteiger partial charge in [-0.15, -0.1) is 0 Å². The van der Waals surface area contributed by atoms with Gasteiger partial charge in [0.25, 0.3) is 11.5 Å². The van der Waals surface area contributed by atoms with Gasteiger partial charge >= 0.3 is 5.97 Å². The maximum absolute atomic E-state index is 12.3. The Bertz CT molecular complexity index is 1190. The predicted octanol–water partition coefficient (Wildman–Crippen LogP) is 3.02. The number of carbonyl (C=O) groups is 3. The lowest BCUT2D eigenvalue weighted by Crippen LogP contribution is -2.30. The maximum Gasteiger partial charge on any atom is 0.306 e. The van der Waals surface area contributed by atoms with E-state index in [1.165, 1.54) is 13.8 Å². The number of aromatic amines is 1. The maximum atomic E-state index is 12.3. The number of hydrogen-bond donors (Lipinski definition) is 2. The molecule has 160 valence electrons. The fourth-order valence-electron chi connectivity index (χ4n) is 3.02. The molecule has 0 bridgehead atoms. The number of anilines is 1. The van der Waals surface area contributed by atoms with Crippen LogP contribution in [0.3, 0.4) is 0 Å². The molecule has 0 aliphatic rings. The molecule has 2 aromatic carbocycles. The van der Waals surface area contributed by atoms with Gasteiger partial charge in [0.05, 0.1) is 10.9 Å². The summed E-state index contributed by atoms with van der Waals surface area (Å²) >= 11 is 0. The molecule has 0 aliphatic heterocycles. The summed E-state index contributed by atoms with van der Waals surface area (Å²) in [7, 11) is 0. The molecule has 2 N–H and O–H groups in total. The Labute approximate surface area is 178 Å². The van der Waals surface area contributed by atoms with Crippen molar-refractivity contribution < 1.29 is 19.1 Å². The van der Waals surface area contributed by atoms with E-state index in [4.69, 9.17) is 4.74 Å². The Morgan fingerprint density at radius 3 is 2.68 bits per heavy atom. The summed E-state index contributed by atoms with van der Waals surface area (Å²) < 4.78 is 5.18. The van der Waals surface area contributed by atoms with Crippen molar-refractivity contribution in [1.82, 2.24) is 9.97 Å². The van der Waals surface area contributed by atoms with Crippen molar-refractivity contribution in [1.29, 1.82) is 0 Å². The number of fused-ring (bicyclic) bond motifs is 1. The van der Waals surface area contributed by atoms with E-state index in [1.807, 2.05) is 0 Å². The van der Waals surface area contributed by atoms with Crippen LogP contribution in [0.25, 0.3) is 10.9 Å². The standard InChI is InChI=1S/C23H23N3O5/c1-14(27)16-7-5-8-17(13-16)24-22(29)15(2)31-21(28)12-6-11-20-25-19-10-4-3-9-18(19)23(30)26-20/h3-5,7-10,13,15H,6,11-12H2,1-2H3,(H,24,29)(H,25,26,30)/t15-/m1/s1. The summed E-state index contributed by atoms with van der Waals surface area (Å²) in [5.41, 5.74) is 1.31. The molecular weight excluding hydrogens is 398 g/mol. The van der Waals surface area contributed by atoms with Gasteiger partial charge in [0.1, 0.15) is 5.82 Å². The molecule has 0 radical (unpaired) electrons. The quantitative estimate of drug-likeness (QED) is 0.426. The number of nitrogens with zero attached hydrogens (tertiary/aromatic N) is 1. The van der Waals surface area contributed by atoms with E-state index in [2.05, 4.69) is 15.3 Å². The number of esters is 1. The number of aromatic nitrogens is 2. The van der Waals surface area contributed by atoms with Crippen LogP contribution in [0, 0.1) is 0 Å². The van der Waals surface area contributed by atoms with E-state index in [0.717, 1.165) is 0 Å². The van der Waals surface area contributed by atoms with Crippen LogP contribution in [0.1, 0.15) is 42.9 Å². The van der Waals surface area contributed by atoms with E-state index >= 15 is 0 Å². The first-order valence-electron chi connectivity index (χ1n) is 9.93. The summed E-state index contributed by atoms with van der Waals surface area (Å²) in [6.45, 7) is 2.92. The van der Waals surface area contributed by atoms with Crippen LogP contribution in [0.15, 0.2) is 53.3 Å². The highest BCUT2D eigenvalue weighted by molar-refractivity contribution is 5.98. The van der Waals surface area contributed by atoms with Crippen molar-refractivity contribution >= 4 is 34.3 Å². The molecule has 8 heteroatoms. The lowest BCUT2D eigenvalue weighted by Gasteiger charge is -2.14. The number of benzene rings is 2. The summed E-state index contributed by atoms with van der Waals surface area (Å²) in [5, 5.41) is 3.14. The number of para-hydroxylation sites is 1. The Morgan fingerprint density at radius 1 is 1.13 bits per heavy atom. The van der Waals surface area contributed by atoms with Gasteiger partial charge in [-0.25, -0.2) is 4.98 Å².